The highest BCUT2D eigenvalue weighted by atomic mass is 16.2. The van der Waals surface area contributed by atoms with Crippen molar-refractivity contribution >= 4 is 11.6 Å². The Morgan fingerprint density at radius 3 is 2.48 bits per heavy atom. The van der Waals surface area contributed by atoms with Gasteiger partial charge in [-0.15, -0.1) is 0 Å². The lowest BCUT2D eigenvalue weighted by molar-refractivity contribution is 0.0579. The summed E-state index contributed by atoms with van der Waals surface area (Å²) in [6.07, 6.45) is 1.84. The zero-order chi connectivity index (χ0) is 17.8. The molecule has 1 aromatic carbocycles. The quantitative estimate of drug-likeness (QED) is 0.859. The molecule has 0 N–H and O–H groups in total. The number of amides is 1. The van der Waals surface area contributed by atoms with Crippen LogP contribution in [0.1, 0.15) is 29.0 Å². The summed E-state index contributed by atoms with van der Waals surface area (Å²) in [6.45, 7) is 5.43. The van der Waals surface area contributed by atoms with Crippen molar-refractivity contribution in [2.45, 2.75) is 13.0 Å². The van der Waals surface area contributed by atoms with Crippen LogP contribution in [-0.4, -0.2) is 61.0 Å². The van der Waals surface area contributed by atoms with Crippen LogP contribution in [0.5, 0.6) is 0 Å². The molecule has 2 aromatic rings. The van der Waals surface area contributed by atoms with Gasteiger partial charge in [-0.25, -0.2) is 0 Å². The number of carbonyl (C=O) groups is 1. The number of piperazine rings is 1. The van der Waals surface area contributed by atoms with Crippen LogP contribution in [0.4, 0.5) is 5.69 Å². The van der Waals surface area contributed by atoms with Gasteiger partial charge in [-0.1, -0.05) is 12.1 Å². The van der Waals surface area contributed by atoms with E-state index in [2.05, 4.69) is 22.9 Å². The molecule has 2 heterocycles. The Morgan fingerprint density at radius 1 is 1.08 bits per heavy atom. The summed E-state index contributed by atoms with van der Waals surface area (Å²) in [5.74, 6) is 0.119. The van der Waals surface area contributed by atoms with Gasteiger partial charge in [0, 0.05) is 63.8 Å². The lowest BCUT2D eigenvalue weighted by Gasteiger charge is -2.38. The molecule has 1 saturated heterocycles. The topological polar surface area (TPSA) is 39.7 Å². The highest BCUT2D eigenvalue weighted by Crippen LogP contribution is 2.21. The number of hydrogen-bond acceptors (Lipinski definition) is 4. The second kappa shape index (κ2) is 7.66. The van der Waals surface area contributed by atoms with Gasteiger partial charge in [0.2, 0.25) is 0 Å². The van der Waals surface area contributed by atoms with Crippen LogP contribution in [0.3, 0.4) is 0 Å². The Kier molecular flexibility index (Phi) is 5.34. The summed E-state index contributed by atoms with van der Waals surface area (Å²) in [5.41, 5.74) is 2.90. The molecule has 0 unspecified atom stereocenters. The third kappa shape index (κ3) is 3.99. The molecule has 0 radical (unpaired) electrons. The molecule has 1 aliphatic rings. The van der Waals surface area contributed by atoms with Crippen LogP contribution < -0.4 is 4.90 Å². The van der Waals surface area contributed by atoms with Crippen molar-refractivity contribution in [3.8, 4) is 0 Å². The first kappa shape index (κ1) is 17.4. The summed E-state index contributed by atoms with van der Waals surface area (Å²) in [4.78, 5) is 23.6. The summed E-state index contributed by atoms with van der Waals surface area (Å²) in [7, 11) is 3.97. The maximum atomic E-state index is 12.8. The number of rotatable bonds is 4. The predicted octanol–water partition coefficient (Wildman–Crippen LogP) is 2.67. The van der Waals surface area contributed by atoms with Gasteiger partial charge in [-0.3, -0.25) is 14.7 Å². The van der Waals surface area contributed by atoms with E-state index < -0.39 is 0 Å². The molecule has 5 nitrogen and oxygen atoms in total. The third-order valence-corrected chi connectivity index (χ3v) is 4.87. The Hall–Kier alpha value is -2.40. The summed E-state index contributed by atoms with van der Waals surface area (Å²) in [6, 6.07) is 14.1. The van der Waals surface area contributed by atoms with Crippen LogP contribution in [0.25, 0.3) is 0 Å². The molecule has 1 fully saturated rings. The van der Waals surface area contributed by atoms with Crippen LogP contribution >= 0.6 is 0 Å². The third-order valence-electron chi connectivity index (χ3n) is 4.87. The minimum Gasteiger partial charge on any atom is -0.378 e. The minimum atomic E-state index is 0.119. The van der Waals surface area contributed by atoms with E-state index in [0.717, 1.165) is 43.1 Å². The first-order valence-electron chi connectivity index (χ1n) is 8.78. The Morgan fingerprint density at radius 2 is 1.84 bits per heavy atom. The minimum absolute atomic E-state index is 0.119. The van der Waals surface area contributed by atoms with Crippen LogP contribution in [0, 0.1) is 0 Å². The molecular formula is C20H26N4O. The molecule has 3 rings (SSSR count). The number of pyridine rings is 1. The molecule has 132 valence electrons. The predicted molar refractivity (Wildman–Crippen MR) is 101 cm³/mol. The molecule has 1 amide bonds. The molecule has 1 aromatic heterocycles. The van der Waals surface area contributed by atoms with Gasteiger partial charge >= 0.3 is 0 Å². The van der Waals surface area contributed by atoms with Gasteiger partial charge in [0.15, 0.2) is 0 Å². The van der Waals surface area contributed by atoms with Crippen LogP contribution in [0.15, 0.2) is 48.7 Å². The Bertz CT molecular complexity index is 709. The van der Waals surface area contributed by atoms with Crippen LogP contribution in [-0.2, 0) is 0 Å². The molecule has 0 bridgehead atoms. The summed E-state index contributed by atoms with van der Waals surface area (Å²) >= 11 is 0. The molecule has 0 aliphatic carbocycles. The van der Waals surface area contributed by atoms with Gasteiger partial charge in [0.05, 0.1) is 5.69 Å². The smallest absolute Gasteiger partial charge is 0.254 e. The molecule has 1 atom stereocenters. The first-order chi connectivity index (χ1) is 12.1. The number of carbonyl (C=O) groups excluding carboxylic acids is 1. The number of anilines is 1. The zero-order valence-electron chi connectivity index (χ0n) is 15.2. The van der Waals surface area contributed by atoms with Gasteiger partial charge in [-0.05, 0) is 37.3 Å². The normalized spacial score (nSPS) is 16.5. The van der Waals surface area contributed by atoms with Crippen molar-refractivity contribution < 1.29 is 4.79 Å². The van der Waals surface area contributed by atoms with Crippen LogP contribution in [0.2, 0.25) is 0 Å². The monoisotopic (exact) mass is 338 g/mol. The summed E-state index contributed by atoms with van der Waals surface area (Å²) in [5, 5.41) is 0. The Balaban J connectivity index is 1.62. The van der Waals surface area contributed by atoms with E-state index in [9.17, 15) is 4.79 Å². The number of hydrogen-bond donors (Lipinski definition) is 0. The SMILES string of the molecule is C[C@@H](c1ccccn1)N1CCN(C(=O)c2cccc(N(C)C)c2)CC1. The van der Waals surface area contributed by atoms with E-state index in [4.69, 9.17) is 0 Å². The number of aromatic nitrogens is 1. The van der Waals surface area contributed by atoms with E-state index in [1.54, 1.807) is 0 Å². The van der Waals surface area contributed by atoms with Crippen molar-refractivity contribution in [3.05, 3.63) is 59.9 Å². The fourth-order valence-electron chi connectivity index (χ4n) is 3.22. The van der Waals surface area contributed by atoms with Crippen molar-refractivity contribution in [1.29, 1.82) is 0 Å². The van der Waals surface area contributed by atoms with Crippen molar-refractivity contribution in [2.24, 2.45) is 0 Å². The fraction of sp³-hybridized carbons (Fsp3) is 0.400. The standard InChI is InChI=1S/C20H26N4O/c1-16(19-9-4-5-10-21-19)23-11-13-24(14-12-23)20(25)17-7-6-8-18(15-17)22(2)3/h4-10,15-16H,11-14H2,1-3H3/t16-/m0/s1. The molecule has 5 heteroatoms. The molecule has 25 heavy (non-hydrogen) atoms. The van der Waals surface area contributed by atoms with E-state index in [1.165, 1.54) is 0 Å². The summed E-state index contributed by atoms with van der Waals surface area (Å²) < 4.78 is 0. The molecular weight excluding hydrogens is 312 g/mol. The van der Waals surface area contributed by atoms with E-state index in [0.29, 0.717) is 0 Å². The second-order valence-corrected chi connectivity index (χ2v) is 6.70. The lowest BCUT2D eigenvalue weighted by atomic mass is 10.1. The van der Waals surface area contributed by atoms with Crippen molar-refractivity contribution in [1.82, 2.24) is 14.8 Å². The average Bonchev–Trinajstić information content (AvgIpc) is 2.67. The van der Waals surface area contributed by atoms with E-state index >= 15 is 0 Å². The number of benzene rings is 1. The van der Waals surface area contributed by atoms with Crippen molar-refractivity contribution in [3.63, 3.8) is 0 Å². The first-order valence-corrected chi connectivity index (χ1v) is 8.78. The maximum absolute atomic E-state index is 12.8. The number of nitrogens with zero attached hydrogens (tertiary/aromatic N) is 4. The molecule has 1 aliphatic heterocycles. The Labute approximate surface area is 149 Å². The average molecular weight is 338 g/mol. The highest BCUT2D eigenvalue weighted by Gasteiger charge is 2.25. The molecule has 0 saturated carbocycles. The van der Waals surface area contributed by atoms with Crippen molar-refractivity contribution in [2.75, 3.05) is 45.2 Å². The van der Waals surface area contributed by atoms with Gasteiger partial charge < -0.3 is 9.80 Å². The van der Waals surface area contributed by atoms with Gasteiger partial charge in [0.1, 0.15) is 0 Å². The van der Waals surface area contributed by atoms with Gasteiger partial charge in [-0.2, -0.15) is 0 Å². The second-order valence-electron chi connectivity index (χ2n) is 6.70. The lowest BCUT2D eigenvalue weighted by Crippen LogP contribution is -2.49. The molecule has 0 spiro atoms. The largest absolute Gasteiger partial charge is 0.378 e. The van der Waals surface area contributed by atoms with E-state index in [-0.39, 0.29) is 11.9 Å². The van der Waals surface area contributed by atoms with Gasteiger partial charge in [0.25, 0.3) is 5.91 Å². The fourth-order valence-corrected chi connectivity index (χ4v) is 3.22. The zero-order valence-corrected chi connectivity index (χ0v) is 15.2. The maximum Gasteiger partial charge on any atom is 0.254 e. The highest BCUT2D eigenvalue weighted by molar-refractivity contribution is 5.95. The van der Waals surface area contributed by atoms with E-state index in [1.807, 2.05) is 66.5 Å².